The van der Waals surface area contributed by atoms with Crippen molar-refractivity contribution in [3.63, 3.8) is 0 Å². The third-order valence-corrected chi connectivity index (χ3v) is 4.20. The number of nitrogens with one attached hydrogen (secondary N) is 2. The fourth-order valence-corrected chi connectivity index (χ4v) is 3.03. The maximum absolute atomic E-state index is 11.7. The highest BCUT2D eigenvalue weighted by atomic mass is 32.1. The van der Waals surface area contributed by atoms with Crippen LogP contribution in [0, 0.1) is 0 Å². The lowest BCUT2D eigenvalue weighted by Crippen LogP contribution is -2.38. The molecule has 2 aromatic rings. The van der Waals surface area contributed by atoms with Crippen LogP contribution in [0.5, 0.6) is 0 Å². The second-order valence-corrected chi connectivity index (χ2v) is 5.95. The van der Waals surface area contributed by atoms with Gasteiger partial charge in [-0.1, -0.05) is 30.3 Å². The van der Waals surface area contributed by atoms with E-state index in [4.69, 9.17) is 17.0 Å². The minimum absolute atomic E-state index is 0.235. The molecule has 0 saturated carbocycles. The molecule has 1 aliphatic rings. The Morgan fingerprint density at radius 2 is 2.08 bits per heavy atom. The van der Waals surface area contributed by atoms with Crippen LogP contribution in [0.4, 0.5) is 0 Å². The van der Waals surface area contributed by atoms with Crippen molar-refractivity contribution < 1.29 is 9.53 Å². The highest BCUT2D eigenvalue weighted by molar-refractivity contribution is 7.80. The van der Waals surface area contributed by atoms with E-state index in [0.29, 0.717) is 17.4 Å². The first kappa shape index (κ1) is 16.4. The standard InChI is InChI=1S/C18H19N3O2S/c22-17(16-7-3-4-10-19-16)23-12-11-20-18(24)21-15-9-8-13-5-1-2-6-14(13)15/h1-7,10,15H,8-9,11-12H2,(H2,20,21,24). The van der Waals surface area contributed by atoms with Gasteiger partial charge >= 0.3 is 5.97 Å². The summed E-state index contributed by atoms with van der Waals surface area (Å²) in [4.78, 5) is 15.7. The average Bonchev–Trinajstić information content (AvgIpc) is 3.02. The molecule has 24 heavy (non-hydrogen) atoms. The Labute approximate surface area is 146 Å². The molecule has 0 aliphatic heterocycles. The second-order valence-electron chi connectivity index (χ2n) is 5.54. The van der Waals surface area contributed by atoms with Crippen LogP contribution in [0.1, 0.15) is 34.1 Å². The first-order valence-corrected chi connectivity index (χ1v) is 8.35. The summed E-state index contributed by atoms with van der Waals surface area (Å²) in [5, 5.41) is 6.97. The molecule has 0 fully saturated rings. The zero-order valence-corrected chi connectivity index (χ0v) is 14.0. The van der Waals surface area contributed by atoms with Gasteiger partial charge in [-0.2, -0.15) is 0 Å². The van der Waals surface area contributed by atoms with Gasteiger partial charge in [0.05, 0.1) is 12.6 Å². The molecule has 1 aromatic heterocycles. The summed E-state index contributed by atoms with van der Waals surface area (Å²) in [5.41, 5.74) is 2.99. The maximum Gasteiger partial charge on any atom is 0.356 e. The van der Waals surface area contributed by atoms with Gasteiger partial charge in [0.25, 0.3) is 0 Å². The predicted octanol–water partition coefficient (Wildman–Crippen LogP) is 2.39. The molecule has 0 bridgehead atoms. The molecule has 124 valence electrons. The molecule has 1 aromatic carbocycles. The number of hydrogen-bond acceptors (Lipinski definition) is 4. The summed E-state index contributed by atoms with van der Waals surface area (Å²) in [6.07, 6.45) is 3.67. The number of nitrogens with zero attached hydrogens (tertiary/aromatic N) is 1. The molecule has 0 spiro atoms. The fraction of sp³-hybridized carbons (Fsp3) is 0.278. The molecule has 3 rings (SSSR count). The highest BCUT2D eigenvalue weighted by Crippen LogP contribution is 2.30. The van der Waals surface area contributed by atoms with E-state index in [1.165, 1.54) is 11.1 Å². The molecular formula is C18H19N3O2S. The third-order valence-electron chi connectivity index (χ3n) is 3.93. The van der Waals surface area contributed by atoms with Gasteiger partial charge in [0, 0.05) is 6.20 Å². The normalized spacial score (nSPS) is 15.4. The SMILES string of the molecule is O=C(OCCNC(=S)NC1CCc2ccccc21)c1ccccn1. The molecule has 0 saturated heterocycles. The quantitative estimate of drug-likeness (QED) is 0.495. The minimum Gasteiger partial charge on any atom is -0.459 e. The van der Waals surface area contributed by atoms with E-state index in [9.17, 15) is 4.79 Å². The Kier molecular flexibility index (Phi) is 5.38. The number of thiocarbonyl (C=S) groups is 1. The van der Waals surface area contributed by atoms with Gasteiger partial charge in [-0.05, 0) is 48.3 Å². The number of carbonyl (C=O) groups is 1. The molecule has 6 heteroatoms. The zero-order valence-electron chi connectivity index (χ0n) is 13.2. The van der Waals surface area contributed by atoms with Crippen molar-refractivity contribution in [3.8, 4) is 0 Å². The fourth-order valence-electron chi connectivity index (χ4n) is 2.78. The Morgan fingerprint density at radius 3 is 2.92 bits per heavy atom. The Hall–Kier alpha value is -2.47. The number of benzene rings is 1. The number of aromatic nitrogens is 1. The maximum atomic E-state index is 11.7. The van der Waals surface area contributed by atoms with Crippen LogP contribution >= 0.6 is 12.2 Å². The molecule has 2 N–H and O–H groups in total. The predicted molar refractivity (Wildman–Crippen MR) is 95.8 cm³/mol. The molecule has 1 aliphatic carbocycles. The average molecular weight is 341 g/mol. The molecule has 1 heterocycles. The smallest absolute Gasteiger partial charge is 0.356 e. The first-order chi connectivity index (χ1) is 11.7. The van der Waals surface area contributed by atoms with E-state index in [0.717, 1.165) is 12.8 Å². The van der Waals surface area contributed by atoms with Gasteiger partial charge < -0.3 is 15.4 Å². The van der Waals surface area contributed by atoms with E-state index < -0.39 is 5.97 Å². The zero-order chi connectivity index (χ0) is 16.8. The number of pyridine rings is 1. The van der Waals surface area contributed by atoms with Crippen LogP contribution in [0.15, 0.2) is 48.7 Å². The lowest BCUT2D eigenvalue weighted by Gasteiger charge is -2.17. The summed E-state index contributed by atoms with van der Waals surface area (Å²) in [7, 11) is 0. The van der Waals surface area contributed by atoms with E-state index in [1.54, 1.807) is 24.4 Å². The van der Waals surface area contributed by atoms with Crippen molar-refractivity contribution in [2.24, 2.45) is 0 Å². The van der Waals surface area contributed by atoms with Crippen LogP contribution in [-0.2, 0) is 11.2 Å². The Bertz CT molecular complexity index is 721. The Morgan fingerprint density at radius 1 is 1.25 bits per heavy atom. The first-order valence-electron chi connectivity index (χ1n) is 7.94. The van der Waals surface area contributed by atoms with Gasteiger partial charge in [0.15, 0.2) is 5.11 Å². The second kappa shape index (κ2) is 7.88. The summed E-state index contributed by atoms with van der Waals surface area (Å²) in [5.74, 6) is -0.430. The van der Waals surface area contributed by atoms with Gasteiger partial charge in [-0.15, -0.1) is 0 Å². The minimum atomic E-state index is -0.430. The van der Waals surface area contributed by atoms with E-state index in [1.807, 2.05) is 6.07 Å². The van der Waals surface area contributed by atoms with E-state index in [2.05, 4.69) is 33.8 Å². The van der Waals surface area contributed by atoms with Gasteiger partial charge in [0.2, 0.25) is 0 Å². The van der Waals surface area contributed by atoms with Crippen LogP contribution in [0.3, 0.4) is 0 Å². The van der Waals surface area contributed by atoms with Crippen LogP contribution < -0.4 is 10.6 Å². The van der Waals surface area contributed by atoms with E-state index >= 15 is 0 Å². The van der Waals surface area contributed by atoms with Crippen molar-refractivity contribution in [2.75, 3.05) is 13.2 Å². The third kappa shape index (κ3) is 4.08. The van der Waals surface area contributed by atoms with Crippen LogP contribution in [0.25, 0.3) is 0 Å². The number of hydrogen-bond donors (Lipinski definition) is 2. The molecule has 0 radical (unpaired) electrons. The van der Waals surface area contributed by atoms with Gasteiger partial charge in [-0.25, -0.2) is 9.78 Å². The van der Waals surface area contributed by atoms with Crippen molar-refractivity contribution in [3.05, 3.63) is 65.5 Å². The topological polar surface area (TPSA) is 63.2 Å². The summed E-state index contributed by atoms with van der Waals surface area (Å²) < 4.78 is 5.15. The van der Waals surface area contributed by atoms with Crippen LogP contribution in [0.2, 0.25) is 0 Å². The lowest BCUT2D eigenvalue weighted by atomic mass is 10.1. The Balaban J connectivity index is 1.39. The summed E-state index contributed by atoms with van der Waals surface area (Å²) in [6, 6.07) is 13.8. The molecular weight excluding hydrogens is 322 g/mol. The molecule has 0 amide bonds. The number of carbonyl (C=O) groups excluding carboxylic acids is 1. The van der Waals surface area contributed by atoms with Crippen molar-refractivity contribution in [1.29, 1.82) is 0 Å². The van der Waals surface area contributed by atoms with Gasteiger partial charge in [-0.3, -0.25) is 0 Å². The lowest BCUT2D eigenvalue weighted by molar-refractivity contribution is 0.0506. The molecule has 1 atom stereocenters. The van der Waals surface area contributed by atoms with Crippen molar-refractivity contribution in [2.45, 2.75) is 18.9 Å². The largest absolute Gasteiger partial charge is 0.459 e. The number of ether oxygens (including phenoxy) is 1. The number of fused-ring (bicyclic) bond motifs is 1. The van der Waals surface area contributed by atoms with Crippen LogP contribution in [-0.4, -0.2) is 29.2 Å². The monoisotopic (exact) mass is 341 g/mol. The van der Waals surface area contributed by atoms with E-state index in [-0.39, 0.29) is 12.6 Å². The summed E-state index contributed by atoms with van der Waals surface area (Å²) >= 11 is 5.32. The summed E-state index contributed by atoms with van der Waals surface area (Å²) in [6.45, 7) is 0.692. The highest BCUT2D eigenvalue weighted by Gasteiger charge is 2.22. The number of rotatable bonds is 5. The van der Waals surface area contributed by atoms with Gasteiger partial charge in [0.1, 0.15) is 12.3 Å². The van der Waals surface area contributed by atoms with Crippen molar-refractivity contribution >= 4 is 23.3 Å². The molecule has 1 unspecified atom stereocenters. The number of aryl methyl sites for hydroxylation is 1. The molecule has 5 nitrogen and oxygen atoms in total. The van der Waals surface area contributed by atoms with Crippen molar-refractivity contribution in [1.82, 2.24) is 15.6 Å². The number of esters is 1.